The highest BCUT2D eigenvalue weighted by molar-refractivity contribution is 5.34. The van der Waals surface area contributed by atoms with E-state index in [1.807, 2.05) is 24.3 Å². The molecular weight excluding hydrogens is 250 g/mol. The van der Waals surface area contributed by atoms with E-state index in [1.165, 1.54) is 0 Å². The molecule has 0 aliphatic heterocycles. The summed E-state index contributed by atoms with van der Waals surface area (Å²) in [5.74, 6) is 1.40. The molecule has 0 radical (unpaired) electrons. The molecule has 0 heterocycles. The minimum atomic E-state index is -1.13. The van der Waals surface area contributed by atoms with E-state index < -0.39 is 11.0 Å². The van der Waals surface area contributed by atoms with Crippen molar-refractivity contribution in [1.29, 1.82) is 5.26 Å². The Bertz CT molecular complexity index is 491. The lowest BCUT2D eigenvalue weighted by atomic mass is 9.61. The van der Waals surface area contributed by atoms with E-state index in [0.29, 0.717) is 5.92 Å². The van der Waals surface area contributed by atoms with Crippen LogP contribution >= 0.6 is 0 Å². The summed E-state index contributed by atoms with van der Waals surface area (Å²) in [6, 6.07) is 9.81. The van der Waals surface area contributed by atoms with Crippen LogP contribution in [0.1, 0.15) is 45.1 Å². The molecule has 0 aromatic heterocycles. The number of nitriles is 1. The Labute approximate surface area is 121 Å². The molecule has 1 aliphatic rings. The van der Waals surface area contributed by atoms with Crippen molar-refractivity contribution in [3.8, 4) is 11.8 Å². The molecule has 1 atom stereocenters. The summed E-state index contributed by atoms with van der Waals surface area (Å²) < 4.78 is 5.15. The zero-order valence-corrected chi connectivity index (χ0v) is 12.5. The number of hydrogen-bond donors (Lipinski definition) is 1. The number of hydrogen-bond acceptors (Lipinski definition) is 3. The molecule has 3 nitrogen and oxygen atoms in total. The van der Waals surface area contributed by atoms with Gasteiger partial charge >= 0.3 is 0 Å². The summed E-state index contributed by atoms with van der Waals surface area (Å²) >= 11 is 0. The minimum absolute atomic E-state index is 0.642. The summed E-state index contributed by atoms with van der Waals surface area (Å²) in [5, 5.41) is 20.7. The molecule has 0 saturated heterocycles. The largest absolute Gasteiger partial charge is 0.497 e. The van der Waals surface area contributed by atoms with Gasteiger partial charge in [0.2, 0.25) is 0 Å². The Kier molecular flexibility index (Phi) is 4.06. The van der Waals surface area contributed by atoms with Gasteiger partial charge in [0.05, 0.1) is 18.6 Å². The van der Waals surface area contributed by atoms with Crippen molar-refractivity contribution in [3.63, 3.8) is 0 Å². The number of benzene rings is 1. The van der Waals surface area contributed by atoms with Crippen LogP contribution in [0.25, 0.3) is 0 Å². The Morgan fingerprint density at radius 2 is 1.85 bits per heavy atom. The monoisotopic (exact) mass is 273 g/mol. The van der Waals surface area contributed by atoms with Crippen molar-refractivity contribution in [3.05, 3.63) is 29.8 Å². The van der Waals surface area contributed by atoms with Gasteiger partial charge in [-0.15, -0.1) is 0 Å². The first-order valence-corrected chi connectivity index (χ1v) is 7.23. The normalized spacial score (nSPS) is 29.2. The fourth-order valence-corrected chi connectivity index (χ4v) is 3.15. The van der Waals surface area contributed by atoms with E-state index in [-0.39, 0.29) is 0 Å². The number of aliphatic hydroxyl groups is 1. The van der Waals surface area contributed by atoms with E-state index in [4.69, 9.17) is 4.74 Å². The molecule has 3 heteroatoms. The fraction of sp³-hybridized carbons (Fsp3) is 0.588. The molecule has 0 spiro atoms. The van der Waals surface area contributed by atoms with Gasteiger partial charge in [0.15, 0.2) is 0 Å². The first-order chi connectivity index (χ1) is 9.45. The third kappa shape index (κ3) is 2.41. The number of rotatable bonds is 3. The molecular formula is C17H23NO2. The Balaban J connectivity index is 2.33. The third-order valence-electron chi connectivity index (χ3n) is 4.93. The summed E-state index contributed by atoms with van der Waals surface area (Å²) in [5.41, 5.74) is -1.03. The number of nitrogens with zero attached hydrogens (tertiary/aromatic N) is 1. The second kappa shape index (κ2) is 5.46. The molecule has 1 N–H and O–H groups in total. The van der Waals surface area contributed by atoms with Crippen LogP contribution in [-0.4, -0.2) is 12.2 Å². The molecule has 1 aromatic carbocycles. The zero-order valence-electron chi connectivity index (χ0n) is 12.5. The average molecular weight is 273 g/mol. The zero-order chi connectivity index (χ0) is 14.8. The van der Waals surface area contributed by atoms with E-state index in [2.05, 4.69) is 13.0 Å². The van der Waals surface area contributed by atoms with Crippen LogP contribution < -0.4 is 4.74 Å². The maximum atomic E-state index is 11.0. The van der Waals surface area contributed by atoms with Gasteiger partial charge in [-0.05, 0) is 56.2 Å². The summed E-state index contributed by atoms with van der Waals surface area (Å²) in [6.07, 6.45) is 3.51. The lowest BCUT2D eigenvalue weighted by molar-refractivity contribution is -0.0686. The minimum Gasteiger partial charge on any atom is -0.497 e. The van der Waals surface area contributed by atoms with Crippen LogP contribution in [0, 0.1) is 22.7 Å². The first kappa shape index (κ1) is 14.9. The van der Waals surface area contributed by atoms with Crippen molar-refractivity contribution < 1.29 is 9.84 Å². The molecule has 1 unspecified atom stereocenters. The summed E-state index contributed by atoms with van der Waals surface area (Å²) in [7, 11) is 1.62. The quantitative estimate of drug-likeness (QED) is 0.915. The van der Waals surface area contributed by atoms with Crippen molar-refractivity contribution in [2.45, 2.75) is 45.1 Å². The Morgan fingerprint density at radius 1 is 1.30 bits per heavy atom. The molecule has 20 heavy (non-hydrogen) atoms. The highest BCUT2D eigenvalue weighted by Crippen LogP contribution is 2.50. The first-order valence-electron chi connectivity index (χ1n) is 7.23. The van der Waals surface area contributed by atoms with Gasteiger partial charge in [-0.1, -0.05) is 19.1 Å². The van der Waals surface area contributed by atoms with Crippen molar-refractivity contribution in [1.82, 2.24) is 0 Å². The molecule has 2 rings (SSSR count). The Morgan fingerprint density at radius 3 is 2.30 bits per heavy atom. The van der Waals surface area contributed by atoms with E-state index in [0.717, 1.165) is 37.0 Å². The van der Waals surface area contributed by atoms with E-state index >= 15 is 0 Å². The molecule has 1 saturated carbocycles. The highest BCUT2D eigenvalue weighted by Gasteiger charge is 2.50. The molecule has 0 bridgehead atoms. The maximum Gasteiger partial charge on any atom is 0.118 e. The molecule has 1 fully saturated rings. The van der Waals surface area contributed by atoms with Gasteiger partial charge in [0, 0.05) is 0 Å². The van der Waals surface area contributed by atoms with Gasteiger partial charge < -0.3 is 9.84 Å². The van der Waals surface area contributed by atoms with Crippen molar-refractivity contribution in [2.24, 2.45) is 11.3 Å². The fourth-order valence-electron chi connectivity index (χ4n) is 3.15. The number of methoxy groups -OCH3 is 1. The smallest absolute Gasteiger partial charge is 0.118 e. The average Bonchev–Trinajstić information content (AvgIpc) is 2.48. The maximum absolute atomic E-state index is 11.0. The third-order valence-corrected chi connectivity index (χ3v) is 4.93. The summed E-state index contributed by atoms with van der Waals surface area (Å²) in [6.45, 7) is 3.98. The molecule has 0 amide bonds. The Hall–Kier alpha value is -1.53. The van der Waals surface area contributed by atoms with Crippen LogP contribution in [0.15, 0.2) is 24.3 Å². The molecule has 1 aromatic rings. The second-order valence-electron chi connectivity index (χ2n) is 6.18. The van der Waals surface area contributed by atoms with Gasteiger partial charge in [0.1, 0.15) is 11.4 Å². The van der Waals surface area contributed by atoms with Gasteiger partial charge in [0.25, 0.3) is 0 Å². The summed E-state index contributed by atoms with van der Waals surface area (Å²) in [4.78, 5) is 0. The highest BCUT2D eigenvalue weighted by atomic mass is 16.5. The second-order valence-corrected chi connectivity index (χ2v) is 6.18. The van der Waals surface area contributed by atoms with Crippen LogP contribution in [0.3, 0.4) is 0 Å². The lowest BCUT2D eigenvalue weighted by Crippen LogP contribution is -2.44. The van der Waals surface area contributed by atoms with Gasteiger partial charge in [-0.2, -0.15) is 5.26 Å². The van der Waals surface area contributed by atoms with Crippen molar-refractivity contribution >= 4 is 0 Å². The van der Waals surface area contributed by atoms with Crippen molar-refractivity contribution in [2.75, 3.05) is 7.11 Å². The predicted molar refractivity (Wildman–Crippen MR) is 78.2 cm³/mol. The van der Waals surface area contributed by atoms with Gasteiger partial charge in [-0.25, -0.2) is 0 Å². The predicted octanol–water partition coefficient (Wildman–Crippen LogP) is 3.62. The SMILES string of the molecule is COc1ccc(C(C)(O)C2(C#N)CCC(C)CC2)cc1. The van der Waals surface area contributed by atoms with Crippen LogP contribution in [0.2, 0.25) is 0 Å². The van der Waals surface area contributed by atoms with Crippen LogP contribution in [-0.2, 0) is 5.60 Å². The lowest BCUT2D eigenvalue weighted by Gasteiger charge is -2.44. The number of ether oxygens (including phenoxy) is 1. The van der Waals surface area contributed by atoms with E-state index in [1.54, 1.807) is 14.0 Å². The van der Waals surface area contributed by atoms with E-state index in [9.17, 15) is 10.4 Å². The molecule has 108 valence electrons. The van der Waals surface area contributed by atoms with Crippen LogP contribution in [0.4, 0.5) is 0 Å². The standard InChI is InChI=1S/C17H23NO2/c1-13-8-10-17(12-18,11-9-13)16(2,19)14-4-6-15(20-3)7-5-14/h4-7,13,19H,8-11H2,1-3H3. The topological polar surface area (TPSA) is 53.2 Å². The van der Waals surface area contributed by atoms with Gasteiger partial charge in [-0.3, -0.25) is 0 Å². The molecule has 1 aliphatic carbocycles. The van der Waals surface area contributed by atoms with Crippen LogP contribution in [0.5, 0.6) is 5.75 Å².